The molecule has 0 unspecified atom stereocenters. The Morgan fingerprint density at radius 1 is 1.43 bits per heavy atom. The Hall–Kier alpha value is -2.01. The Bertz CT molecular complexity index is 633. The minimum absolute atomic E-state index is 0.0946. The van der Waals surface area contributed by atoms with Crippen LogP contribution in [0.1, 0.15) is 18.7 Å². The van der Waals surface area contributed by atoms with Gasteiger partial charge in [-0.3, -0.25) is 0 Å². The van der Waals surface area contributed by atoms with Gasteiger partial charge in [-0.25, -0.2) is 9.78 Å². The third-order valence-corrected chi connectivity index (χ3v) is 3.83. The quantitative estimate of drug-likeness (QED) is 0.942. The maximum atomic E-state index is 12.5. The number of halogens is 1. The zero-order valence-electron chi connectivity index (χ0n) is 11.8. The summed E-state index contributed by atoms with van der Waals surface area (Å²) in [4.78, 5) is 18.6. The van der Waals surface area contributed by atoms with E-state index in [0.717, 1.165) is 24.4 Å². The van der Waals surface area contributed by atoms with Gasteiger partial charge in [0.2, 0.25) is 0 Å². The first-order valence-corrected chi connectivity index (χ1v) is 7.30. The van der Waals surface area contributed by atoms with Crippen LogP contribution in [0.2, 0.25) is 5.02 Å². The second-order valence-corrected chi connectivity index (χ2v) is 5.69. The molecule has 0 atom stereocenters. The third kappa shape index (κ3) is 3.36. The summed E-state index contributed by atoms with van der Waals surface area (Å²) < 4.78 is 1.94. The number of anilines is 1. The van der Waals surface area contributed by atoms with Crippen LogP contribution < -0.4 is 5.32 Å². The highest BCUT2D eigenvalue weighted by molar-refractivity contribution is 6.30. The van der Waals surface area contributed by atoms with Crippen molar-refractivity contribution in [2.75, 3.05) is 5.32 Å². The van der Waals surface area contributed by atoms with Gasteiger partial charge < -0.3 is 14.8 Å². The molecule has 2 amide bonds. The summed E-state index contributed by atoms with van der Waals surface area (Å²) in [5, 5.41) is 3.57. The molecule has 2 aromatic rings. The zero-order valence-corrected chi connectivity index (χ0v) is 12.5. The number of carbonyl (C=O) groups excluding carboxylic acids is 1. The number of rotatable bonds is 4. The van der Waals surface area contributed by atoms with E-state index in [1.165, 1.54) is 0 Å². The summed E-state index contributed by atoms with van der Waals surface area (Å²) in [6, 6.07) is 7.34. The van der Waals surface area contributed by atoms with Gasteiger partial charge in [0.1, 0.15) is 5.82 Å². The smallest absolute Gasteiger partial charge is 0.322 e. The number of carbonyl (C=O) groups is 1. The fourth-order valence-corrected chi connectivity index (χ4v) is 2.31. The Morgan fingerprint density at radius 3 is 2.71 bits per heavy atom. The van der Waals surface area contributed by atoms with Gasteiger partial charge in [-0.05, 0) is 37.1 Å². The van der Waals surface area contributed by atoms with Crippen LogP contribution in [0.25, 0.3) is 0 Å². The van der Waals surface area contributed by atoms with Crippen molar-refractivity contribution in [3.05, 3.63) is 47.5 Å². The number of nitrogens with zero attached hydrogens (tertiary/aromatic N) is 3. The zero-order chi connectivity index (χ0) is 14.8. The molecule has 1 aromatic carbocycles. The van der Waals surface area contributed by atoms with Gasteiger partial charge in [0, 0.05) is 36.2 Å². The summed E-state index contributed by atoms with van der Waals surface area (Å²) in [5.41, 5.74) is 0.745. The number of imidazole rings is 1. The second kappa shape index (κ2) is 5.77. The van der Waals surface area contributed by atoms with Gasteiger partial charge in [0.15, 0.2) is 0 Å². The molecule has 110 valence electrons. The Kier molecular flexibility index (Phi) is 3.84. The lowest BCUT2D eigenvalue weighted by Gasteiger charge is -2.22. The second-order valence-electron chi connectivity index (χ2n) is 5.25. The average Bonchev–Trinajstić information content (AvgIpc) is 3.22. The van der Waals surface area contributed by atoms with E-state index in [1.807, 2.05) is 22.7 Å². The van der Waals surface area contributed by atoms with Gasteiger partial charge in [0.25, 0.3) is 0 Å². The Balaban J connectivity index is 1.70. The van der Waals surface area contributed by atoms with E-state index in [-0.39, 0.29) is 6.03 Å². The minimum Gasteiger partial charge on any atom is -0.337 e. The highest BCUT2D eigenvalue weighted by Crippen LogP contribution is 2.29. The summed E-state index contributed by atoms with van der Waals surface area (Å²) in [5.74, 6) is 0.883. The number of hydrogen-bond donors (Lipinski definition) is 1. The molecule has 1 aromatic heterocycles. The molecule has 1 N–H and O–H groups in total. The molecule has 3 rings (SSSR count). The van der Waals surface area contributed by atoms with Crippen molar-refractivity contribution in [3.8, 4) is 0 Å². The predicted molar refractivity (Wildman–Crippen MR) is 82.2 cm³/mol. The lowest BCUT2D eigenvalue weighted by Crippen LogP contribution is -2.37. The molecular weight excluding hydrogens is 288 g/mol. The van der Waals surface area contributed by atoms with Crippen LogP contribution in [0.4, 0.5) is 10.5 Å². The Labute approximate surface area is 128 Å². The first-order valence-electron chi connectivity index (χ1n) is 6.93. The van der Waals surface area contributed by atoms with E-state index in [1.54, 1.807) is 30.5 Å². The third-order valence-electron chi connectivity index (χ3n) is 3.58. The monoisotopic (exact) mass is 304 g/mol. The van der Waals surface area contributed by atoms with E-state index in [9.17, 15) is 4.79 Å². The van der Waals surface area contributed by atoms with Crippen LogP contribution in [0.3, 0.4) is 0 Å². The van der Waals surface area contributed by atoms with Gasteiger partial charge in [-0.2, -0.15) is 0 Å². The number of benzene rings is 1. The van der Waals surface area contributed by atoms with Crippen molar-refractivity contribution >= 4 is 23.3 Å². The number of urea groups is 1. The fourth-order valence-electron chi connectivity index (χ4n) is 2.18. The summed E-state index contributed by atoms with van der Waals surface area (Å²) in [6.45, 7) is 0.521. The normalized spacial score (nSPS) is 14.0. The molecule has 1 heterocycles. The van der Waals surface area contributed by atoms with E-state index < -0.39 is 0 Å². The standard InChI is InChI=1S/C15H17ClN4O/c1-19-9-8-17-14(19)10-20(13-6-7-13)15(21)18-12-4-2-11(16)3-5-12/h2-5,8-9,13H,6-7,10H2,1H3,(H,18,21). The molecule has 0 bridgehead atoms. The number of hydrogen-bond acceptors (Lipinski definition) is 2. The van der Waals surface area contributed by atoms with E-state index in [0.29, 0.717) is 17.6 Å². The first kappa shape index (κ1) is 13.9. The molecule has 21 heavy (non-hydrogen) atoms. The summed E-state index contributed by atoms with van der Waals surface area (Å²) in [7, 11) is 1.94. The maximum absolute atomic E-state index is 12.5. The molecule has 6 heteroatoms. The molecule has 0 aliphatic heterocycles. The predicted octanol–water partition coefficient (Wildman–Crippen LogP) is 3.27. The molecule has 0 saturated heterocycles. The number of amides is 2. The van der Waals surface area contributed by atoms with Crippen LogP contribution in [0.5, 0.6) is 0 Å². The number of aromatic nitrogens is 2. The number of aryl methyl sites for hydroxylation is 1. The van der Waals surface area contributed by atoms with E-state index >= 15 is 0 Å². The van der Waals surface area contributed by atoms with E-state index in [2.05, 4.69) is 10.3 Å². The summed E-state index contributed by atoms with van der Waals surface area (Å²) >= 11 is 5.85. The highest BCUT2D eigenvalue weighted by Gasteiger charge is 2.33. The molecule has 1 fully saturated rings. The molecular formula is C15H17ClN4O. The van der Waals surface area contributed by atoms with Crippen LogP contribution in [-0.2, 0) is 13.6 Å². The largest absolute Gasteiger partial charge is 0.337 e. The molecule has 0 spiro atoms. The van der Waals surface area contributed by atoms with Crippen molar-refractivity contribution in [2.24, 2.45) is 7.05 Å². The van der Waals surface area contributed by atoms with Crippen LogP contribution in [-0.4, -0.2) is 26.5 Å². The van der Waals surface area contributed by atoms with Crippen molar-refractivity contribution in [3.63, 3.8) is 0 Å². The number of nitrogens with one attached hydrogen (secondary N) is 1. The average molecular weight is 305 g/mol. The molecule has 1 saturated carbocycles. The minimum atomic E-state index is -0.0946. The van der Waals surface area contributed by atoms with Gasteiger partial charge >= 0.3 is 6.03 Å². The van der Waals surface area contributed by atoms with Crippen LogP contribution in [0.15, 0.2) is 36.7 Å². The highest BCUT2D eigenvalue weighted by atomic mass is 35.5. The van der Waals surface area contributed by atoms with Crippen LogP contribution >= 0.6 is 11.6 Å². The molecule has 1 aliphatic rings. The lowest BCUT2D eigenvalue weighted by molar-refractivity contribution is 0.204. The topological polar surface area (TPSA) is 50.2 Å². The summed E-state index contributed by atoms with van der Waals surface area (Å²) in [6.07, 6.45) is 5.74. The van der Waals surface area contributed by atoms with Crippen molar-refractivity contribution in [1.29, 1.82) is 0 Å². The first-order chi connectivity index (χ1) is 10.1. The SMILES string of the molecule is Cn1ccnc1CN(C(=O)Nc1ccc(Cl)cc1)C1CC1. The molecule has 0 radical (unpaired) electrons. The van der Waals surface area contributed by atoms with Gasteiger partial charge in [0.05, 0.1) is 6.54 Å². The van der Waals surface area contributed by atoms with Gasteiger partial charge in [-0.15, -0.1) is 0 Å². The maximum Gasteiger partial charge on any atom is 0.322 e. The van der Waals surface area contributed by atoms with Gasteiger partial charge in [-0.1, -0.05) is 11.6 Å². The van der Waals surface area contributed by atoms with Crippen molar-refractivity contribution < 1.29 is 4.79 Å². The molecule has 5 nitrogen and oxygen atoms in total. The van der Waals surface area contributed by atoms with Crippen LogP contribution in [0, 0.1) is 0 Å². The van der Waals surface area contributed by atoms with Crippen molar-refractivity contribution in [2.45, 2.75) is 25.4 Å². The Morgan fingerprint density at radius 2 is 2.14 bits per heavy atom. The van der Waals surface area contributed by atoms with E-state index in [4.69, 9.17) is 11.6 Å². The molecule has 1 aliphatic carbocycles. The lowest BCUT2D eigenvalue weighted by atomic mass is 10.3. The fraction of sp³-hybridized carbons (Fsp3) is 0.333. The van der Waals surface area contributed by atoms with Crippen molar-refractivity contribution in [1.82, 2.24) is 14.5 Å².